The standard InChI is InChI=1S/C15H16N2O3/c1-3-17-14(18)12(15(19)20-4-2)10-13(16-17)11-8-6-5-7-9-11/h5-10H,3-4H2,1-2H3. The molecule has 1 aromatic heterocycles. The topological polar surface area (TPSA) is 61.2 Å². The van der Waals surface area contributed by atoms with Gasteiger partial charge in [0.15, 0.2) is 0 Å². The van der Waals surface area contributed by atoms with Crippen molar-refractivity contribution in [1.29, 1.82) is 0 Å². The fraction of sp³-hybridized carbons (Fsp3) is 0.267. The molecule has 20 heavy (non-hydrogen) atoms. The van der Waals surface area contributed by atoms with Gasteiger partial charge < -0.3 is 4.74 Å². The molecule has 2 rings (SSSR count). The Balaban J connectivity index is 2.58. The van der Waals surface area contributed by atoms with Crippen LogP contribution in [0.25, 0.3) is 11.3 Å². The maximum absolute atomic E-state index is 12.1. The fourth-order valence-corrected chi connectivity index (χ4v) is 1.86. The van der Waals surface area contributed by atoms with Crippen LogP contribution < -0.4 is 5.56 Å². The Labute approximate surface area is 116 Å². The van der Waals surface area contributed by atoms with Crippen LogP contribution in [-0.4, -0.2) is 22.4 Å². The Kier molecular flexibility index (Phi) is 4.30. The van der Waals surface area contributed by atoms with E-state index in [1.807, 2.05) is 30.3 Å². The molecule has 0 atom stereocenters. The summed E-state index contributed by atoms with van der Waals surface area (Å²) in [5.41, 5.74) is 1.02. The lowest BCUT2D eigenvalue weighted by atomic mass is 10.1. The van der Waals surface area contributed by atoms with Gasteiger partial charge in [-0.25, -0.2) is 9.48 Å². The van der Waals surface area contributed by atoms with Crippen molar-refractivity contribution in [2.24, 2.45) is 0 Å². The summed E-state index contributed by atoms with van der Waals surface area (Å²) < 4.78 is 6.19. The summed E-state index contributed by atoms with van der Waals surface area (Å²) in [6.45, 7) is 4.13. The summed E-state index contributed by atoms with van der Waals surface area (Å²) in [6, 6.07) is 10.9. The van der Waals surface area contributed by atoms with E-state index in [9.17, 15) is 9.59 Å². The van der Waals surface area contributed by atoms with E-state index in [0.29, 0.717) is 12.2 Å². The van der Waals surface area contributed by atoms with Crippen molar-refractivity contribution in [3.63, 3.8) is 0 Å². The van der Waals surface area contributed by atoms with Crippen LogP contribution in [0.1, 0.15) is 24.2 Å². The number of esters is 1. The van der Waals surface area contributed by atoms with Gasteiger partial charge in [-0.15, -0.1) is 0 Å². The Bertz CT molecular complexity index is 663. The number of carbonyl (C=O) groups excluding carboxylic acids is 1. The Morgan fingerprint density at radius 1 is 1.25 bits per heavy atom. The van der Waals surface area contributed by atoms with E-state index < -0.39 is 11.5 Å². The van der Waals surface area contributed by atoms with Gasteiger partial charge in [0.1, 0.15) is 5.56 Å². The Hall–Kier alpha value is -2.43. The van der Waals surface area contributed by atoms with Crippen molar-refractivity contribution in [2.45, 2.75) is 20.4 Å². The number of nitrogens with zero attached hydrogens (tertiary/aromatic N) is 2. The third kappa shape index (κ3) is 2.77. The number of hydrogen-bond donors (Lipinski definition) is 0. The number of rotatable bonds is 4. The van der Waals surface area contributed by atoms with Gasteiger partial charge in [-0.2, -0.15) is 5.10 Å². The first-order valence-electron chi connectivity index (χ1n) is 6.52. The molecule has 0 aliphatic rings. The lowest BCUT2D eigenvalue weighted by molar-refractivity contribution is 0.0523. The molecule has 0 aliphatic carbocycles. The van der Waals surface area contributed by atoms with Crippen molar-refractivity contribution >= 4 is 5.97 Å². The highest BCUT2D eigenvalue weighted by atomic mass is 16.5. The number of aromatic nitrogens is 2. The molecule has 5 nitrogen and oxygen atoms in total. The maximum atomic E-state index is 12.1. The van der Waals surface area contributed by atoms with Crippen molar-refractivity contribution < 1.29 is 9.53 Å². The molecule has 104 valence electrons. The van der Waals surface area contributed by atoms with Gasteiger partial charge in [-0.1, -0.05) is 30.3 Å². The average Bonchev–Trinajstić information content (AvgIpc) is 2.48. The summed E-state index contributed by atoms with van der Waals surface area (Å²) in [6.07, 6.45) is 0. The normalized spacial score (nSPS) is 10.3. The van der Waals surface area contributed by atoms with Gasteiger partial charge >= 0.3 is 5.97 Å². The van der Waals surface area contributed by atoms with E-state index >= 15 is 0 Å². The molecule has 0 unspecified atom stereocenters. The smallest absolute Gasteiger partial charge is 0.343 e. The monoisotopic (exact) mass is 272 g/mol. The molecule has 0 bridgehead atoms. The minimum Gasteiger partial charge on any atom is -0.462 e. The third-order valence-electron chi connectivity index (χ3n) is 2.84. The van der Waals surface area contributed by atoms with Gasteiger partial charge in [0.2, 0.25) is 0 Å². The van der Waals surface area contributed by atoms with E-state index in [0.717, 1.165) is 5.56 Å². The second-order valence-electron chi connectivity index (χ2n) is 4.15. The molecule has 0 aliphatic heterocycles. The number of benzene rings is 1. The fourth-order valence-electron chi connectivity index (χ4n) is 1.86. The maximum Gasteiger partial charge on any atom is 0.343 e. The van der Waals surface area contributed by atoms with Crippen LogP contribution in [0.15, 0.2) is 41.2 Å². The molecule has 0 radical (unpaired) electrons. The lowest BCUT2D eigenvalue weighted by Crippen LogP contribution is -2.29. The van der Waals surface area contributed by atoms with Gasteiger partial charge in [-0.3, -0.25) is 4.79 Å². The largest absolute Gasteiger partial charge is 0.462 e. The van der Waals surface area contributed by atoms with E-state index in [1.165, 1.54) is 10.7 Å². The van der Waals surface area contributed by atoms with Crippen LogP contribution in [0.3, 0.4) is 0 Å². The molecule has 1 heterocycles. The average molecular weight is 272 g/mol. The second-order valence-corrected chi connectivity index (χ2v) is 4.15. The molecule has 1 aromatic carbocycles. The van der Waals surface area contributed by atoms with E-state index in [-0.39, 0.29) is 12.2 Å². The molecular weight excluding hydrogens is 256 g/mol. The molecule has 2 aromatic rings. The molecule has 5 heteroatoms. The number of hydrogen-bond acceptors (Lipinski definition) is 4. The minimum absolute atomic E-state index is 0.0163. The van der Waals surface area contributed by atoms with Crippen LogP contribution in [-0.2, 0) is 11.3 Å². The number of aryl methyl sites for hydroxylation is 1. The first-order valence-corrected chi connectivity index (χ1v) is 6.52. The first-order chi connectivity index (χ1) is 9.67. The highest BCUT2D eigenvalue weighted by Gasteiger charge is 2.16. The summed E-state index contributed by atoms with van der Waals surface area (Å²) in [4.78, 5) is 24.0. The van der Waals surface area contributed by atoms with Gasteiger partial charge in [0.05, 0.1) is 12.3 Å². The number of carbonyl (C=O) groups is 1. The van der Waals surface area contributed by atoms with Gasteiger partial charge in [0.25, 0.3) is 5.56 Å². The quantitative estimate of drug-likeness (QED) is 0.800. The Morgan fingerprint density at radius 2 is 1.95 bits per heavy atom. The first kappa shape index (κ1) is 14.0. The van der Waals surface area contributed by atoms with Crippen LogP contribution in [0, 0.1) is 0 Å². The van der Waals surface area contributed by atoms with E-state index in [1.54, 1.807) is 13.8 Å². The van der Waals surface area contributed by atoms with Gasteiger partial charge in [-0.05, 0) is 19.9 Å². The lowest BCUT2D eigenvalue weighted by Gasteiger charge is -2.08. The molecular formula is C15H16N2O3. The summed E-state index contributed by atoms with van der Waals surface area (Å²) in [5.74, 6) is -0.612. The minimum atomic E-state index is -0.612. The molecule has 0 spiro atoms. The zero-order valence-electron chi connectivity index (χ0n) is 11.5. The van der Waals surface area contributed by atoms with Gasteiger partial charge in [0, 0.05) is 12.1 Å². The molecule has 0 fully saturated rings. The van der Waals surface area contributed by atoms with Crippen molar-refractivity contribution in [3.8, 4) is 11.3 Å². The van der Waals surface area contributed by atoms with E-state index in [4.69, 9.17) is 4.74 Å². The van der Waals surface area contributed by atoms with Crippen LogP contribution in [0.2, 0.25) is 0 Å². The zero-order valence-corrected chi connectivity index (χ0v) is 11.5. The predicted molar refractivity (Wildman–Crippen MR) is 75.6 cm³/mol. The number of ether oxygens (including phenoxy) is 1. The summed E-state index contributed by atoms with van der Waals surface area (Å²) >= 11 is 0. The molecule has 0 saturated heterocycles. The molecule has 0 saturated carbocycles. The second kappa shape index (κ2) is 6.14. The third-order valence-corrected chi connectivity index (χ3v) is 2.84. The van der Waals surface area contributed by atoms with Crippen molar-refractivity contribution in [3.05, 3.63) is 52.3 Å². The highest BCUT2D eigenvalue weighted by Crippen LogP contribution is 2.16. The van der Waals surface area contributed by atoms with Crippen LogP contribution in [0.4, 0.5) is 0 Å². The molecule has 0 N–H and O–H groups in total. The van der Waals surface area contributed by atoms with E-state index in [2.05, 4.69) is 5.10 Å². The summed E-state index contributed by atoms with van der Waals surface area (Å²) in [7, 11) is 0. The van der Waals surface area contributed by atoms with Crippen molar-refractivity contribution in [1.82, 2.24) is 9.78 Å². The Morgan fingerprint density at radius 3 is 2.55 bits per heavy atom. The highest BCUT2D eigenvalue weighted by molar-refractivity contribution is 5.90. The SMILES string of the molecule is CCOC(=O)c1cc(-c2ccccc2)nn(CC)c1=O. The van der Waals surface area contributed by atoms with Crippen molar-refractivity contribution in [2.75, 3.05) is 6.61 Å². The van der Waals surface area contributed by atoms with Crippen LogP contribution in [0.5, 0.6) is 0 Å². The zero-order chi connectivity index (χ0) is 14.5. The predicted octanol–water partition coefficient (Wildman–Crippen LogP) is 2.11. The van der Waals surface area contributed by atoms with Crippen LogP contribution >= 0.6 is 0 Å². The molecule has 0 amide bonds. The summed E-state index contributed by atoms with van der Waals surface area (Å²) in [5, 5.41) is 4.26.